The Kier molecular flexibility index (Phi) is 8.47. The summed E-state index contributed by atoms with van der Waals surface area (Å²) >= 11 is 0. The van der Waals surface area contributed by atoms with Crippen LogP contribution >= 0.6 is 0 Å². The minimum atomic E-state index is -0.818. The number of ether oxygens (including phenoxy) is 3. The molecule has 0 aromatic rings. The fourth-order valence-corrected chi connectivity index (χ4v) is 2.00. The minimum Gasteiger partial charge on any atom is -0.331 e. The topological polar surface area (TPSA) is 27.7 Å². The van der Waals surface area contributed by atoms with Gasteiger partial charge >= 0.3 is 0 Å². The van der Waals surface area contributed by atoms with Crippen molar-refractivity contribution < 1.29 is 14.2 Å². The minimum absolute atomic E-state index is 0.803. The summed E-state index contributed by atoms with van der Waals surface area (Å²) in [5.74, 6) is -0.818. The SMILES string of the molecule is COC(CCCCCC[SiH3])(OC)OC. The largest absolute Gasteiger partial charge is 0.331 e. The van der Waals surface area contributed by atoms with Crippen LogP contribution in [0.1, 0.15) is 32.1 Å². The molecular weight excluding hydrogens is 196 g/mol. The van der Waals surface area contributed by atoms with Gasteiger partial charge < -0.3 is 14.2 Å². The molecule has 0 aliphatic rings. The van der Waals surface area contributed by atoms with Gasteiger partial charge in [-0.15, -0.1) is 0 Å². The first-order valence-electron chi connectivity index (χ1n) is 5.40. The maximum Gasteiger partial charge on any atom is 0.282 e. The lowest BCUT2D eigenvalue weighted by atomic mass is 10.1. The number of rotatable bonds is 9. The molecule has 0 aromatic carbocycles. The second kappa shape index (κ2) is 8.41. The van der Waals surface area contributed by atoms with Gasteiger partial charge in [-0.1, -0.05) is 25.3 Å². The summed E-state index contributed by atoms with van der Waals surface area (Å²) in [6.45, 7) is 0. The van der Waals surface area contributed by atoms with Crippen molar-refractivity contribution in [3.05, 3.63) is 0 Å². The van der Waals surface area contributed by atoms with Crippen molar-refractivity contribution in [2.75, 3.05) is 21.3 Å². The molecular formula is C10H24O3Si. The Morgan fingerprint density at radius 2 is 1.36 bits per heavy atom. The highest BCUT2D eigenvalue weighted by atomic mass is 28.1. The van der Waals surface area contributed by atoms with Crippen molar-refractivity contribution >= 4 is 10.2 Å². The van der Waals surface area contributed by atoms with E-state index in [1.807, 2.05) is 0 Å². The molecule has 0 N–H and O–H groups in total. The lowest BCUT2D eigenvalue weighted by molar-refractivity contribution is -0.355. The molecule has 0 aromatic heterocycles. The summed E-state index contributed by atoms with van der Waals surface area (Å²) in [6.07, 6.45) is 5.82. The van der Waals surface area contributed by atoms with Crippen LogP contribution in [0.5, 0.6) is 0 Å². The molecule has 4 heteroatoms. The van der Waals surface area contributed by atoms with E-state index in [-0.39, 0.29) is 0 Å². The van der Waals surface area contributed by atoms with Crippen LogP contribution in [-0.2, 0) is 14.2 Å². The summed E-state index contributed by atoms with van der Waals surface area (Å²) in [5, 5.41) is 0. The molecule has 0 radical (unpaired) electrons. The van der Waals surface area contributed by atoms with Crippen molar-refractivity contribution in [1.82, 2.24) is 0 Å². The average Bonchev–Trinajstić information content (AvgIpc) is 2.24. The van der Waals surface area contributed by atoms with Crippen molar-refractivity contribution in [3.8, 4) is 0 Å². The van der Waals surface area contributed by atoms with Crippen LogP contribution in [0, 0.1) is 0 Å². The van der Waals surface area contributed by atoms with Crippen LogP contribution in [0.3, 0.4) is 0 Å². The van der Waals surface area contributed by atoms with Crippen LogP contribution in [0.15, 0.2) is 0 Å². The van der Waals surface area contributed by atoms with Crippen molar-refractivity contribution in [1.29, 1.82) is 0 Å². The average molecular weight is 220 g/mol. The van der Waals surface area contributed by atoms with E-state index in [4.69, 9.17) is 14.2 Å². The Hall–Kier alpha value is 0.0969. The van der Waals surface area contributed by atoms with Crippen LogP contribution < -0.4 is 0 Å². The van der Waals surface area contributed by atoms with Crippen LogP contribution in [-0.4, -0.2) is 37.5 Å². The third-order valence-corrected chi connectivity index (χ3v) is 3.23. The lowest BCUT2D eigenvalue weighted by Crippen LogP contribution is -2.35. The van der Waals surface area contributed by atoms with Gasteiger partial charge in [0.05, 0.1) is 0 Å². The Balaban J connectivity index is 3.61. The smallest absolute Gasteiger partial charge is 0.282 e. The standard InChI is InChI=1S/C10H24O3Si/c1-11-10(12-2,13-3)8-6-4-5-7-9-14/h4-9H2,1-3,14H3. The predicted molar refractivity (Wildman–Crippen MR) is 61.6 cm³/mol. The van der Waals surface area contributed by atoms with Crippen LogP contribution in [0.25, 0.3) is 0 Å². The first kappa shape index (κ1) is 14.1. The van der Waals surface area contributed by atoms with Gasteiger partial charge in [-0.25, -0.2) is 0 Å². The second-order valence-electron chi connectivity index (χ2n) is 3.46. The molecule has 0 amide bonds. The fourth-order valence-electron chi connectivity index (χ4n) is 1.50. The third kappa shape index (κ3) is 5.10. The molecule has 0 fully saturated rings. The fraction of sp³-hybridized carbons (Fsp3) is 1.00. The molecule has 0 aliphatic carbocycles. The van der Waals surface area contributed by atoms with E-state index in [0.717, 1.165) is 12.8 Å². The van der Waals surface area contributed by atoms with Crippen LogP contribution in [0.2, 0.25) is 6.04 Å². The number of hydrogen-bond acceptors (Lipinski definition) is 3. The van der Waals surface area contributed by atoms with E-state index in [1.54, 1.807) is 21.3 Å². The van der Waals surface area contributed by atoms with Crippen LogP contribution in [0.4, 0.5) is 0 Å². The maximum atomic E-state index is 5.21. The Labute approximate surface area is 90.5 Å². The number of methoxy groups -OCH3 is 3. The van der Waals surface area contributed by atoms with E-state index in [9.17, 15) is 0 Å². The maximum absolute atomic E-state index is 5.21. The van der Waals surface area contributed by atoms with Gasteiger partial charge in [-0.05, 0) is 6.42 Å². The zero-order chi connectivity index (χ0) is 10.9. The third-order valence-electron chi connectivity index (χ3n) is 2.52. The highest BCUT2D eigenvalue weighted by Crippen LogP contribution is 2.20. The van der Waals surface area contributed by atoms with E-state index < -0.39 is 5.97 Å². The molecule has 3 nitrogen and oxygen atoms in total. The normalized spacial score (nSPS) is 12.2. The zero-order valence-electron chi connectivity index (χ0n) is 9.97. The second-order valence-corrected chi connectivity index (χ2v) is 4.46. The van der Waals surface area contributed by atoms with Gasteiger partial charge in [0.1, 0.15) is 0 Å². The molecule has 0 aliphatic heterocycles. The first-order chi connectivity index (χ1) is 6.74. The molecule has 0 spiro atoms. The summed E-state index contributed by atoms with van der Waals surface area (Å²) in [7, 11) is 6.17. The van der Waals surface area contributed by atoms with Gasteiger partial charge in [0.2, 0.25) is 0 Å². The monoisotopic (exact) mass is 220 g/mol. The zero-order valence-corrected chi connectivity index (χ0v) is 12.0. The van der Waals surface area contributed by atoms with Gasteiger partial charge in [-0.3, -0.25) is 0 Å². The number of unbranched alkanes of at least 4 members (excludes halogenated alkanes) is 3. The lowest BCUT2D eigenvalue weighted by Gasteiger charge is -2.28. The molecule has 0 rings (SSSR count). The van der Waals surface area contributed by atoms with E-state index >= 15 is 0 Å². The quantitative estimate of drug-likeness (QED) is 0.333. The Bertz CT molecular complexity index is 118. The molecule has 0 saturated heterocycles. The van der Waals surface area contributed by atoms with Gasteiger partial charge in [0.15, 0.2) is 0 Å². The summed E-state index contributed by atoms with van der Waals surface area (Å²) in [4.78, 5) is 0. The molecule has 0 heterocycles. The first-order valence-corrected chi connectivity index (χ1v) is 6.81. The number of hydrogen-bond donors (Lipinski definition) is 0. The van der Waals surface area contributed by atoms with Gasteiger partial charge in [-0.2, -0.15) is 0 Å². The molecule has 0 atom stereocenters. The Morgan fingerprint density at radius 1 is 0.857 bits per heavy atom. The van der Waals surface area contributed by atoms with Gasteiger partial charge in [0.25, 0.3) is 5.97 Å². The molecule has 0 bridgehead atoms. The van der Waals surface area contributed by atoms with Gasteiger partial charge in [0, 0.05) is 38.0 Å². The van der Waals surface area contributed by atoms with E-state index in [2.05, 4.69) is 0 Å². The summed E-state index contributed by atoms with van der Waals surface area (Å²) < 4.78 is 15.6. The van der Waals surface area contributed by atoms with E-state index in [0.29, 0.717) is 0 Å². The molecule has 0 saturated carbocycles. The highest BCUT2D eigenvalue weighted by molar-refractivity contribution is 6.08. The predicted octanol–water partition coefficient (Wildman–Crippen LogP) is 1.31. The summed E-state index contributed by atoms with van der Waals surface area (Å²) in [6, 6.07) is 1.41. The molecule has 86 valence electrons. The molecule has 14 heavy (non-hydrogen) atoms. The highest BCUT2D eigenvalue weighted by Gasteiger charge is 2.28. The summed E-state index contributed by atoms with van der Waals surface area (Å²) in [5.41, 5.74) is 0. The van der Waals surface area contributed by atoms with Crippen molar-refractivity contribution in [2.45, 2.75) is 44.1 Å². The Morgan fingerprint density at radius 3 is 1.79 bits per heavy atom. The van der Waals surface area contributed by atoms with Crippen molar-refractivity contribution in [3.63, 3.8) is 0 Å². The van der Waals surface area contributed by atoms with E-state index in [1.165, 1.54) is 35.5 Å². The molecule has 0 unspecified atom stereocenters. The van der Waals surface area contributed by atoms with Crippen molar-refractivity contribution in [2.24, 2.45) is 0 Å².